The van der Waals surface area contributed by atoms with E-state index in [4.69, 9.17) is 9.47 Å². The Labute approximate surface area is 79.7 Å². The first-order chi connectivity index (χ1) is 6.11. The number of ether oxygens (including phenoxy) is 2. The molecule has 0 rings (SSSR count). The molecule has 0 heterocycles. The Morgan fingerprint density at radius 3 is 2.00 bits per heavy atom. The van der Waals surface area contributed by atoms with Crippen LogP contribution in [0, 0.1) is 0 Å². The molecule has 76 valence electrons. The number of hydrogen-bond donors (Lipinski definition) is 0. The minimum Gasteiger partial charge on any atom is -0.346 e. The first-order valence-electron chi connectivity index (χ1n) is 4.53. The van der Waals surface area contributed by atoms with Crippen molar-refractivity contribution in [2.24, 2.45) is 0 Å². The van der Waals surface area contributed by atoms with Gasteiger partial charge < -0.3 is 9.47 Å². The molecule has 0 fully saturated rings. The summed E-state index contributed by atoms with van der Waals surface area (Å²) >= 11 is 0. The zero-order valence-corrected chi connectivity index (χ0v) is 8.79. The van der Waals surface area contributed by atoms with E-state index >= 15 is 0 Å². The Morgan fingerprint density at radius 2 is 1.69 bits per heavy atom. The molecule has 0 atom stereocenters. The van der Waals surface area contributed by atoms with Gasteiger partial charge in [0.15, 0.2) is 0 Å². The summed E-state index contributed by atoms with van der Waals surface area (Å²) in [4.78, 5) is 11.4. The lowest BCUT2D eigenvalue weighted by atomic mass is 10.2. The minimum absolute atomic E-state index is 0.122. The number of carbonyl (C=O) groups excluding carboxylic acids is 1. The van der Waals surface area contributed by atoms with Crippen LogP contribution in [-0.2, 0) is 14.3 Å². The van der Waals surface area contributed by atoms with Crippen molar-refractivity contribution >= 4 is 5.78 Å². The van der Waals surface area contributed by atoms with Gasteiger partial charge in [-0.1, -0.05) is 5.57 Å². The highest BCUT2D eigenvalue weighted by Crippen LogP contribution is 2.00. The first-order valence-corrected chi connectivity index (χ1v) is 4.53. The van der Waals surface area contributed by atoms with Crippen LogP contribution >= 0.6 is 0 Å². The Morgan fingerprint density at radius 1 is 1.23 bits per heavy atom. The molecule has 3 heteroatoms. The number of hydrogen-bond acceptors (Lipinski definition) is 3. The maximum absolute atomic E-state index is 11.4. The minimum atomic E-state index is -0.732. The second-order valence-electron chi connectivity index (χ2n) is 2.87. The fourth-order valence-corrected chi connectivity index (χ4v) is 0.868. The molecule has 0 aliphatic heterocycles. The maximum Gasteiger partial charge on any atom is 0.221 e. The predicted octanol–water partition coefficient (Wildman–Crippen LogP) is 1.92. The van der Waals surface area contributed by atoms with E-state index in [0.717, 1.165) is 5.57 Å². The predicted molar refractivity (Wildman–Crippen MR) is 51.5 cm³/mol. The normalized spacial score (nSPS) is 10.2. The molecule has 0 spiro atoms. The van der Waals surface area contributed by atoms with Crippen LogP contribution in [0.5, 0.6) is 0 Å². The molecule has 0 aliphatic rings. The lowest BCUT2D eigenvalue weighted by molar-refractivity contribution is -0.162. The van der Waals surface area contributed by atoms with Gasteiger partial charge in [0.2, 0.25) is 12.1 Å². The third kappa shape index (κ3) is 5.55. The van der Waals surface area contributed by atoms with E-state index in [1.54, 1.807) is 0 Å². The summed E-state index contributed by atoms with van der Waals surface area (Å²) < 4.78 is 10.3. The Hall–Kier alpha value is -0.670. The van der Waals surface area contributed by atoms with Crippen molar-refractivity contribution in [1.82, 2.24) is 0 Å². The molecule has 0 unspecified atom stereocenters. The van der Waals surface area contributed by atoms with Crippen LogP contribution in [-0.4, -0.2) is 25.3 Å². The van der Waals surface area contributed by atoms with Gasteiger partial charge in [-0.05, 0) is 33.8 Å². The summed E-state index contributed by atoms with van der Waals surface area (Å²) in [5.74, 6) is -0.122. The van der Waals surface area contributed by atoms with Crippen molar-refractivity contribution in [3.63, 3.8) is 0 Å². The molecule has 0 bridgehead atoms. The second-order valence-corrected chi connectivity index (χ2v) is 2.87. The van der Waals surface area contributed by atoms with Crippen LogP contribution in [0.4, 0.5) is 0 Å². The standard InChI is InChI=1S/C10H18O3/c1-5-12-10(13-6-2)9(11)7-8(3)4/h7,10H,5-6H2,1-4H3. The van der Waals surface area contributed by atoms with Gasteiger partial charge in [0.25, 0.3) is 0 Å². The van der Waals surface area contributed by atoms with E-state index in [9.17, 15) is 4.79 Å². The van der Waals surface area contributed by atoms with Crippen LogP contribution in [0.3, 0.4) is 0 Å². The molecule has 0 aromatic carbocycles. The smallest absolute Gasteiger partial charge is 0.221 e. The molecule has 3 nitrogen and oxygen atoms in total. The van der Waals surface area contributed by atoms with Crippen LogP contribution < -0.4 is 0 Å². The highest BCUT2D eigenvalue weighted by Gasteiger charge is 2.15. The molecular weight excluding hydrogens is 168 g/mol. The molecule has 0 radical (unpaired) electrons. The summed E-state index contributed by atoms with van der Waals surface area (Å²) in [7, 11) is 0. The van der Waals surface area contributed by atoms with Crippen molar-refractivity contribution in [3.8, 4) is 0 Å². The number of ketones is 1. The molecule has 0 N–H and O–H groups in total. The monoisotopic (exact) mass is 186 g/mol. The summed E-state index contributed by atoms with van der Waals surface area (Å²) in [6.07, 6.45) is 0.806. The van der Waals surface area contributed by atoms with E-state index in [0.29, 0.717) is 13.2 Å². The van der Waals surface area contributed by atoms with Crippen LogP contribution in [0.25, 0.3) is 0 Å². The van der Waals surface area contributed by atoms with Crippen LogP contribution in [0.2, 0.25) is 0 Å². The fraction of sp³-hybridized carbons (Fsp3) is 0.700. The zero-order chi connectivity index (χ0) is 10.3. The highest BCUT2D eigenvalue weighted by molar-refractivity contribution is 5.93. The average molecular weight is 186 g/mol. The topological polar surface area (TPSA) is 35.5 Å². The molecule has 13 heavy (non-hydrogen) atoms. The van der Waals surface area contributed by atoms with Gasteiger partial charge in [-0.15, -0.1) is 0 Å². The molecule has 0 saturated carbocycles. The third-order valence-electron chi connectivity index (χ3n) is 1.30. The van der Waals surface area contributed by atoms with Crippen LogP contribution in [0.15, 0.2) is 11.6 Å². The van der Waals surface area contributed by atoms with Crippen molar-refractivity contribution in [1.29, 1.82) is 0 Å². The van der Waals surface area contributed by atoms with Gasteiger partial charge in [-0.25, -0.2) is 0 Å². The molecule has 0 aromatic heterocycles. The number of rotatable bonds is 6. The summed E-state index contributed by atoms with van der Waals surface area (Å²) in [6, 6.07) is 0. The molecule has 0 amide bonds. The fourth-order valence-electron chi connectivity index (χ4n) is 0.868. The van der Waals surface area contributed by atoms with E-state index in [-0.39, 0.29) is 5.78 Å². The first kappa shape index (κ1) is 12.3. The van der Waals surface area contributed by atoms with E-state index in [2.05, 4.69) is 0 Å². The SMILES string of the molecule is CCOC(OCC)C(=O)C=C(C)C. The second kappa shape index (κ2) is 6.80. The van der Waals surface area contributed by atoms with Gasteiger partial charge >= 0.3 is 0 Å². The lowest BCUT2D eigenvalue weighted by Gasteiger charge is -2.13. The van der Waals surface area contributed by atoms with E-state index in [1.165, 1.54) is 6.08 Å². The largest absolute Gasteiger partial charge is 0.346 e. The van der Waals surface area contributed by atoms with Gasteiger partial charge in [0.1, 0.15) is 0 Å². The Kier molecular flexibility index (Phi) is 6.45. The molecule has 0 saturated heterocycles. The Balaban J connectivity index is 4.19. The van der Waals surface area contributed by atoms with Gasteiger partial charge in [-0.2, -0.15) is 0 Å². The molecule has 0 aromatic rings. The summed E-state index contributed by atoms with van der Waals surface area (Å²) in [6.45, 7) is 8.36. The van der Waals surface area contributed by atoms with Crippen molar-refractivity contribution in [2.75, 3.05) is 13.2 Å². The van der Waals surface area contributed by atoms with Gasteiger partial charge in [0.05, 0.1) is 0 Å². The van der Waals surface area contributed by atoms with Crippen molar-refractivity contribution in [2.45, 2.75) is 34.0 Å². The van der Waals surface area contributed by atoms with Crippen molar-refractivity contribution < 1.29 is 14.3 Å². The van der Waals surface area contributed by atoms with Gasteiger partial charge in [-0.3, -0.25) is 4.79 Å². The third-order valence-corrected chi connectivity index (χ3v) is 1.30. The maximum atomic E-state index is 11.4. The number of carbonyl (C=O) groups is 1. The average Bonchev–Trinajstić information content (AvgIpc) is 2.02. The lowest BCUT2D eigenvalue weighted by Crippen LogP contribution is -2.26. The van der Waals surface area contributed by atoms with Crippen LogP contribution in [0.1, 0.15) is 27.7 Å². The quantitative estimate of drug-likeness (QED) is 0.469. The molecule has 0 aliphatic carbocycles. The van der Waals surface area contributed by atoms with E-state index in [1.807, 2.05) is 27.7 Å². The summed E-state index contributed by atoms with van der Waals surface area (Å²) in [5, 5.41) is 0. The van der Waals surface area contributed by atoms with Crippen molar-refractivity contribution in [3.05, 3.63) is 11.6 Å². The zero-order valence-electron chi connectivity index (χ0n) is 8.79. The number of allylic oxidation sites excluding steroid dienone is 1. The highest BCUT2D eigenvalue weighted by atomic mass is 16.7. The van der Waals surface area contributed by atoms with E-state index < -0.39 is 6.29 Å². The summed E-state index contributed by atoms with van der Waals surface area (Å²) in [5.41, 5.74) is 0.953. The van der Waals surface area contributed by atoms with Gasteiger partial charge in [0, 0.05) is 13.2 Å². The molecular formula is C10H18O3. The Bertz CT molecular complexity index is 175.